The number of benzene rings is 2. The topological polar surface area (TPSA) is 77.5 Å². The van der Waals surface area contributed by atoms with E-state index >= 15 is 0 Å². The van der Waals surface area contributed by atoms with Crippen molar-refractivity contribution in [2.45, 2.75) is 45.4 Å². The zero-order valence-corrected chi connectivity index (χ0v) is 17.4. The van der Waals surface area contributed by atoms with Crippen molar-refractivity contribution in [3.05, 3.63) is 78.0 Å². The predicted molar refractivity (Wildman–Crippen MR) is 115 cm³/mol. The minimum absolute atomic E-state index is 0.133. The van der Waals surface area contributed by atoms with Crippen LogP contribution in [0.1, 0.15) is 31.9 Å². The van der Waals surface area contributed by atoms with Gasteiger partial charge in [0.1, 0.15) is 18.2 Å². The van der Waals surface area contributed by atoms with E-state index < -0.39 is 23.7 Å². The zero-order valence-electron chi connectivity index (χ0n) is 17.4. The summed E-state index contributed by atoms with van der Waals surface area (Å²) in [4.78, 5) is 29.4. The largest absolute Gasteiger partial charge is 0.459 e. The molecule has 6 nitrogen and oxygen atoms in total. The highest BCUT2D eigenvalue weighted by Gasteiger charge is 2.26. The van der Waals surface area contributed by atoms with Crippen LogP contribution < -0.4 is 5.32 Å². The minimum atomic E-state index is -0.877. The van der Waals surface area contributed by atoms with Crippen LogP contribution in [0.2, 0.25) is 0 Å². The smallest absolute Gasteiger partial charge is 0.408 e. The molecule has 0 aliphatic carbocycles. The summed E-state index contributed by atoms with van der Waals surface area (Å²) in [5, 5.41) is 3.62. The molecule has 0 bridgehead atoms. The van der Waals surface area contributed by atoms with E-state index in [0.717, 1.165) is 22.0 Å². The number of esters is 1. The highest BCUT2D eigenvalue weighted by Crippen LogP contribution is 2.16. The number of nitrogens with one attached hydrogen (secondary N) is 1. The molecule has 0 fully saturated rings. The third kappa shape index (κ3) is 6.30. The van der Waals surface area contributed by atoms with Gasteiger partial charge in [-0.2, -0.15) is 0 Å². The Labute approximate surface area is 176 Å². The third-order valence-corrected chi connectivity index (χ3v) is 4.31. The number of rotatable bonds is 6. The van der Waals surface area contributed by atoms with Crippen molar-refractivity contribution in [2.75, 3.05) is 0 Å². The van der Waals surface area contributed by atoms with Crippen LogP contribution in [0.5, 0.6) is 0 Å². The van der Waals surface area contributed by atoms with Crippen LogP contribution in [-0.4, -0.2) is 28.7 Å². The average Bonchev–Trinajstić information content (AvgIpc) is 2.71. The molecule has 1 heterocycles. The van der Waals surface area contributed by atoms with Crippen molar-refractivity contribution in [1.29, 1.82) is 0 Å². The van der Waals surface area contributed by atoms with Gasteiger partial charge >= 0.3 is 12.1 Å². The second kappa shape index (κ2) is 9.39. The van der Waals surface area contributed by atoms with Gasteiger partial charge in [0.15, 0.2) is 0 Å². The number of carbonyl (C=O) groups excluding carboxylic acids is 2. The highest BCUT2D eigenvalue weighted by molar-refractivity contribution is 5.83. The van der Waals surface area contributed by atoms with Gasteiger partial charge in [0, 0.05) is 18.0 Å². The number of amides is 1. The summed E-state index contributed by atoms with van der Waals surface area (Å²) in [5.74, 6) is -0.518. The summed E-state index contributed by atoms with van der Waals surface area (Å²) in [6.45, 7) is 5.44. The molecule has 1 atom stereocenters. The van der Waals surface area contributed by atoms with Gasteiger partial charge in [-0.05, 0) is 50.1 Å². The molecule has 0 saturated heterocycles. The standard InChI is InChI=1S/C24H26N2O4/c1-24(2,3)30-23(28)26-21(22(27)29-16-17-8-5-4-6-9-17)15-18-11-12-20-19(14-18)10-7-13-25-20/h4-14,21H,15-16H2,1-3H3,(H,26,28)/t21-/m1/s1. The van der Waals surface area contributed by atoms with E-state index in [0.29, 0.717) is 0 Å². The lowest BCUT2D eigenvalue weighted by Gasteiger charge is -2.23. The molecule has 0 radical (unpaired) electrons. The normalized spacial score (nSPS) is 12.2. The van der Waals surface area contributed by atoms with Gasteiger partial charge in [-0.25, -0.2) is 9.59 Å². The Morgan fingerprint density at radius 1 is 1.00 bits per heavy atom. The molecule has 0 unspecified atom stereocenters. The second-order valence-corrected chi connectivity index (χ2v) is 8.03. The van der Waals surface area contributed by atoms with Gasteiger partial charge in [-0.1, -0.05) is 42.5 Å². The van der Waals surface area contributed by atoms with E-state index in [4.69, 9.17) is 9.47 Å². The summed E-state index contributed by atoms with van der Waals surface area (Å²) in [5.41, 5.74) is 1.95. The summed E-state index contributed by atoms with van der Waals surface area (Å²) in [6, 6.07) is 18.1. The molecule has 3 aromatic rings. The SMILES string of the molecule is CC(C)(C)OC(=O)N[C@H](Cc1ccc2ncccc2c1)C(=O)OCc1ccccc1. The van der Waals surface area contributed by atoms with Gasteiger partial charge in [-0.15, -0.1) is 0 Å². The molecule has 0 saturated carbocycles. The fraction of sp³-hybridized carbons (Fsp3) is 0.292. The van der Waals surface area contributed by atoms with Crippen LogP contribution in [0.25, 0.3) is 10.9 Å². The zero-order chi connectivity index (χ0) is 21.6. The van der Waals surface area contributed by atoms with Crippen LogP contribution in [0.4, 0.5) is 4.79 Å². The first kappa shape index (κ1) is 21.3. The van der Waals surface area contributed by atoms with Crippen LogP contribution >= 0.6 is 0 Å². The number of carbonyl (C=O) groups is 2. The Morgan fingerprint density at radius 2 is 1.77 bits per heavy atom. The quantitative estimate of drug-likeness (QED) is 0.614. The van der Waals surface area contributed by atoms with E-state index in [1.165, 1.54) is 0 Å². The van der Waals surface area contributed by atoms with Crippen molar-refractivity contribution in [1.82, 2.24) is 10.3 Å². The fourth-order valence-electron chi connectivity index (χ4n) is 2.96. The Balaban J connectivity index is 1.74. The minimum Gasteiger partial charge on any atom is -0.459 e. The first-order valence-electron chi connectivity index (χ1n) is 9.84. The summed E-state index contributed by atoms with van der Waals surface area (Å²) >= 11 is 0. The molecule has 0 spiro atoms. The van der Waals surface area contributed by atoms with E-state index in [1.807, 2.05) is 60.7 Å². The molecule has 1 aromatic heterocycles. The molecule has 2 aromatic carbocycles. The molecular weight excluding hydrogens is 380 g/mol. The van der Waals surface area contributed by atoms with E-state index in [2.05, 4.69) is 10.3 Å². The van der Waals surface area contributed by atoms with E-state index in [1.54, 1.807) is 27.0 Å². The number of fused-ring (bicyclic) bond motifs is 1. The van der Waals surface area contributed by atoms with Gasteiger partial charge in [0.05, 0.1) is 5.52 Å². The lowest BCUT2D eigenvalue weighted by molar-refractivity contribution is -0.147. The van der Waals surface area contributed by atoms with Gasteiger partial charge in [0.25, 0.3) is 0 Å². The first-order chi connectivity index (χ1) is 14.3. The molecule has 3 rings (SSSR count). The van der Waals surface area contributed by atoms with Crippen molar-refractivity contribution >= 4 is 23.0 Å². The lowest BCUT2D eigenvalue weighted by atomic mass is 10.0. The predicted octanol–water partition coefficient (Wildman–Crippen LogP) is 4.41. The molecule has 0 aliphatic heterocycles. The number of aromatic nitrogens is 1. The number of hydrogen-bond acceptors (Lipinski definition) is 5. The number of ether oxygens (including phenoxy) is 2. The molecule has 0 aliphatic rings. The van der Waals surface area contributed by atoms with Gasteiger partial charge < -0.3 is 14.8 Å². The Morgan fingerprint density at radius 3 is 2.50 bits per heavy atom. The first-order valence-corrected chi connectivity index (χ1v) is 9.84. The van der Waals surface area contributed by atoms with Crippen LogP contribution in [0.3, 0.4) is 0 Å². The van der Waals surface area contributed by atoms with Crippen LogP contribution in [0, 0.1) is 0 Å². The summed E-state index contributed by atoms with van der Waals surface area (Å²) < 4.78 is 10.8. The Kier molecular flexibility index (Phi) is 6.67. The lowest BCUT2D eigenvalue weighted by Crippen LogP contribution is -2.45. The van der Waals surface area contributed by atoms with E-state index in [-0.39, 0.29) is 13.0 Å². The van der Waals surface area contributed by atoms with E-state index in [9.17, 15) is 9.59 Å². The van der Waals surface area contributed by atoms with Gasteiger partial charge in [0.2, 0.25) is 0 Å². The average molecular weight is 406 g/mol. The Bertz CT molecular complexity index is 1010. The molecule has 6 heteroatoms. The fourth-order valence-corrected chi connectivity index (χ4v) is 2.96. The molecule has 1 amide bonds. The maximum atomic E-state index is 12.8. The number of alkyl carbamates (subject to hydrolysis) is 1. The number of pyridine rings is 1. The second-order valence-electron chi connectivity index (χ2n) is 8.03. The molecule has 156 valence electrons. The van der Waals surface area contributed by atoms with Crippen molar-refractivity contribution < 1.29 is 19.1 Å². The van der Waals surface area contributed by atoms with Crippen molar-refractivity contribution in [2.24, 2.45) is 0 Å². The maximum Gasteiger partial charge on any atom is 0.408 e. The summed E-state index contributed by atoms with van der Waals surface area (Å²) in [6.07, 6.45) is 1.35. The van der Waals surface area contributed by atoms with Crippen LogP contribution in [-0.2, 0) is 27.3 Å². The number of nitrogens with zero attached hydrogens (tertiary/aromatic N) is 1. The molecule has 1 N–H and O–H groups in total. The Hall–Kier alpha value is -3.41. The maximum absolute atomic E-state index is 12.8. The monoisotopic (exact) mass is 406 g/mol. The number of hydrogen-bond donors (Lipinski definition) is 1. The van der Waals surface area contributed by atoms with Crippen molar-refractivity contribution in [3.8, 4) is 0 Å². The van der Waals surface area contributed by atoms with Gasteiger partial charge in [-0.3, -0.25) is 4.98 Å². The molecule has 30 heavy (non-hydrogen) atoms. The third-order valence-electron chi connectivity index (χ3n) is 4.31. The highest BCUT2D eigenvalue weighted by atomic mass is 16.6. The summed E-state index contributed by atoms with van der Waals surface area (Å²) in [7, 11) is 0. The van der Waals surface area contributed by atoms with Crippen LogP contribution in [0.15, 0.2) is 66.9 Å². The van der Waals surface area contributed by atoms with Crippen molar-refractivity contribution in [3.63, 3.8) is 0 Å². The molecular formula is C24H26N2O4.